The third-order valence-electron chi connectivity index (χ3n) is 5.58. The summed E-state index contributed by atoms with van der Waals surface area (Å²) in [5, 5.41) is 6.09. The number of rotatable bonds is 2. The molecule has 5 rings (SSSR count). The van der Waals surface area contributed by atoms with Crippen LogP contribution in [0, 0.1) is 0 Å². The van der Waals surface area contributed by atoms with Gasteiger partial charge < -0.3 is 9.88 Å². The van der Waals surface area contributed by atoms with Crippen molar-refractivity contribution < 1.29 is 4.79 Å². The van der Waals surface area contributed by atoms with E-state index in [4.69, 9.17) is 35.4 Å². The van der Waals surface area contributed by atoms with E-state index in [1.807, 2.05) is 25.3 Å². The molecule has 160 valence electrons. The number of carbonyl (C=O) groups excluding carboxylic acids is 1. The molecule has 3 aromatic carbocycles. The summed E-state index contributed by atoms with van der Waals surface area (Å²) >= 11 is 21.4. The Morgan fingerprint density at radius 2 is 1.69 bits per heavy atom. The standard InChI is InChI=1S/C24H16BrCl2N3OS/c1-29-20-8-2-13(10-17(20)18-12-14(25)3-9-21(18)29)11-19-22(27)28-24(32)30(23(19)31)16-6-4-15(26)5-7-16/h2-12,22H,1H3,(H,28,32)/b19-11+. The van der Waals surface area contributed by atoms with E-state index in [0.717, 1.165) is 31.8 Å². The average Bonchev–Trinajstić information content (AvgIpc) is 3.03. The highest BCUT2D eigenvalue weighted by molar-refractivity contribution is 9.10. The van der Waals surface area contributed by atoms with Crippen molar-refractivity contribution in [3.8, 4) is 0 Å². The third kappa shape index (κ3) is 3.61. The van der Waals surface area contributed by atoms with Gasteiger partial charge in [0.1, 0.15) is 5.50 Å². The van der Waals surface area contributed by atoms with E-state index in [2.05, 4.69) is 50.1 Å². The second-order valence-electron chi connectivity index (χ2n) is 7.53. The fraction of sp³-hybridized carbons (Fsp3) is 0.0833. The maximum atomic E-state index is 13.4. The van der Waals surface area contributed by atoms with E-state index in [0.29, 0.717) is 16.3 Å². The zero-order chi connectivity index (χ0) is 22.6. The van der Waals surface area contributed by atoms with Gasteiger partial charge in [0.15, 0.2) is 5.11 Å². The van der Waals surface area contributed by atoms with E-state index >= 15 is 0 Å². The van der Waals surface area contributed by atoms with Crippen molar-refractivity contribution in [2.75, 3.05) is 4.90 Å². The maximum absolute atomic E-state index is 13.4. The smallest absolute Gasteiger partial charge is 0.263 e. The number of aryl methyl sites for hydroxylation is 1. The van der Waals surface area contributed by atoms with Gasteiger partial charge in [0, 0.05) is 38.3 Å². The molecule has 1 aliphatic heterocycles. The lowest BCUT2D eigenvalue weighted by Crippen LogP contribution is -2.54. The second kappa shape index (κ2) is 8.19. The first kappa shape index (κ1) is 21.5. The van der Waals surface area contributed by atoms with Crippen LogP contribution in [0.15, 0.2) is 70.7 Å². The number of carbonyl (C=O) groups is 1. The first-order valence-electron chi connectivity index (χ1n) is 9.77. The lowest BCUT2D eigenvalue weighted by molar-refractivity contribution is -0.114. The molecule has 0 spiro atoms. The third-order valence-corrected chi connectivity index (χ3v) is 6.97. The highest BCUT2D eigenvalue weighted by Gasteiger charge is 2.34. The molecule has 1 fully saturated rings. The van der Waals surface area contributed by atoms with Crippen LogP contribution in [-0.2, 0) is 11.8 Å². The number of alkyl halides is 1. The molecule has 0 saturated carbocycles. The van der Waals surface area contributed by atoms with Gasteiger partial charge in [0.2, 0.25) is 0 Å². The Morgan fingerprint density at radius 1 is 1.03 bits per heavy atom. The van der Waals surface area contributed by atoms with E-state index in [1.54, 1.807) is 24.3 Å². The molecule has 1 amide bonds. The highest BCUT2D eigenvalue weighted by atomic mass is 79.9. The molecule has 2 heterocycles. The van der Waals surface area contributed by atoms with Gasteiger partial charge in [-0.05, 0) is 78.5 Å². The Hall–Kier alpha value is -2.38. The zero-order valence-corrected chi connectivity index (χ0v) is 20.7. The quantitative estimate of drug-likeness (QED) is 0.133. The summed E-state index contributed by atoms with van der Waals surface area (Å²) in [5.74, 6) is -0.267. The Morgan fingerprint density at radius 3 is 2.41 bits per heavy atom. The van der Waals surface area contributed by atoms with Crippen LogP contribution in [0.25, 0.3) is 27.9 Å². The predicted molar refractivity (Wildman–Crippen MR) is 140 cm³/mol. The summed E-state index contributed by atoms with van der Waals surface area (Å²) in [4.78, 5) is 14.8. The van der Waals surface area contributed by atoms with Crippen molar-refractivity contribution in [1.29, 1.82) is 0 Å². The normalized spacial score (nSPS) is 18.1. The largest absolute Gasteiger partial charge is 0.344 e. The molecule has 32 heavy (non-hydrogen) atoms. The van der Waals surface area contributed by atoms with E-state index in [-0.39, 0.29) is 11.0 Å². The number of amides is 1. The molecule has 1 N–H and O–H groups in total. The van der Waals surface area contributed by atoms with E-state index in [1.165, 1.54) is 4.90 Å². The zero-order valence-electron chi connectivity index (χ0n) is 16.8. The molecule has 0 radical (unpaired) electrons. The minimum absolute atomic E-state index is 0.254. The van der Waals surface area contributed by atoms with Crippen LogP contribution in [0.2, 0.25) is 5.02 Å². The molecule has 1 unspecified atom stereocenters. The van der Waals surface area contributed by atoms with Gasteiger partial charge in [-0.3, -0.25) is 9.69 Å². The van der Waals surface area contributed by atoms with Crippen LogP contribution < -0.4 is 10.2 Å². The van der Waals surface area contributed by atoms with Crippen molar-refractivity contribution in [3.63, 3.8) is 0 Å². The second-order valence-corrected chi connectivity index (χ2v) is 9.70. The Kier molecular flexibility index (Phi) is 5.50. The number of halogens is 3. The van der Waals surface area contributed by atoms with Gasteiger partial charge in [-0.2, -0.15) is 0 Å². The van der Waals surface area contributed by atoms with Crippen LogP contribution >= 0.6 is 51.3 Å². The Labute approximate surface area is 208 Å². The molecule has 1 saturated heterocycles. The average molecular weight is 545 g/mol. The summed E-state index contributed by atoms with van der Waals surface area (Å²) < 4.78 is 3.17. The summed E-state index contributed by atoms with van der Waals surface area (Å²) in [5.41, 5.74) is 3.44. The van der Waals surface area contributed by atoms with E-state index in [9.17, 15) is 4.79 Å². The van der Waals surface area contributed by atoms with Gasteiger partial charge in [0.05, 0.1) is 11.3 Å². The number of hydrogen-bond acceptors (Lipinski definition) is 2. The first-order valence-corrected chi connectivity index (χ1v) is 11.8. The highest BCUT2D eigenvalue weighted by Crippen LogP contribution is 2.32. The Bertz CT molecular complexity index is 1450. The molecule has 1 atom stereocenters. The van der Waals surface area contributed by atoms with Gasteiger partial charge in [-0.1, -0.05) is 45.2 Å². The molecule has 0 aliphatic carbocycles. The summed E-state index contributed by atoms with van der Waals surface area (Å²) in [6.45, 7) is 0. The molecular weight excluding hydrogens is 529 g/mol. The van der Waals surface area contributed by atoms with Crippen LogP contribution in [-0.4, -0.2) is 21.1 Å². The van der Waals surface area contributed by atoms with Crippen LogP contribution in [0.4, 0.5) is 5.69 Å². The van der Waals surface area contributed by atoms with Crippen molar-refractivity contribution >= 4 is 95.9 Å². The number of benzene rings is 3. The van der Waals surface area contributed by atoms with Crippen molar-refractivity contribution in [3.05, 3.63) is 81.3 Å². The summed E-state index contributed by atoms with van der Waals surface area (Å²) in [6, 6.07) is 19.3. The molecule has 4 nitrogen and oxygen atoms in total. The van der Waals surface area contributed by atoms with Crippen molar-refractivity contribution in [2.24, 2.45) is 7.05 Å². The Balaban J connectivity index is 1.60. The van der Waals surface area contributed by atoms with Gasteiger partial charge in [-0.25, -0.2) is 0 Å². The number of hydrogen-bond donors (Lipinski definition) is 1. The number of aromatic nitrogens is 1. The molecular formula is C24H16BrCl2N3OS. The topological polar surface area (TPSA) is 37.3 Å². The van der Waals surface area contributed by atoms with Gasteiger partial charge in [-0.15, -0.1) is 0 Å². The number of nitrogens with one attached hydrogen (secondary N) is 1. The fourth-order valence-corrected chi connectivity index (χ4v) is 5.14. The van der Waals surface area contributed by atoms with Gasteiger partial charge in [0.25, 0.3) is 5.91 Å². The van der Waals surface area contributed by atoms with Crippen LogP contribution in [0.5, 0.6) is 0 Å². The number of nitrogens with zero attached hydrogens (tertiary/aromatic N) is 2. The lowest BCUT2D eigenvalue weighted by Gasteiger charge is -2.33. The first-order chi connectivity index (χ1) is 15.3. The predicted octanol–water partition coefficient (Wildman–Crippen LogP) is 6.62. The fourth-order valence-electron chi connectivity index (χ4n) is 4.02. The van der Waals surface area contributed by atoms with Crippen molar-refractivity contribution in [2.45, 2.75) is 5.50 Å². The molecule has 4 aromatic rings. The number of anilines is 1. The lowest BCUT2D eigenvalue weighted by atomic mass is 10.0. The molecule has 8 heteroatoms. The van der Waals surface area contributed by atoms with Crippen molar-refractivity contribution in [1.82, 2.24) is 9.88 Å². The molecule has 1 aromatic heterocycles. The minimum Gasteiger partial charge on any atom is -0.344 e. The SMILES string of the molecule is Cn1c2ccc(Br)cc2c2cc(/C=C3/C(=O)N(c4ccc(Cl)cc4)C(=S)NC3Cl)ccc21. The number of thiocarbonyl (C=S) groups is 1. The van der Waals surface area contributed by atoms with E-state index < -0.39 is 5.50 Å². The van der Waals surface area contributed by atoms with Crippen LogP contribution in [0.1, 0.15) is 5.56 Å². The number of fused-ring (bicyclic) bond motifs is 3. The molecule has 0 bridgehead atoms. The minimum atomic E-state index is -0.726. The maximum Gasteiger partial charge on any atom is 0.263 e. The summed E-state index contributed by atoms with van der Waals surface area (Å²) in [7, 11) is 2.05. The summed E-state index contributed by atoms with van der Waals surface area (Å²) in [6.07, 6.45) is 1.81. The molecule has 1 aliphatic rings. The van der Waals surface area contributed by atoms with Gasteiger partial charge >= 0.3 is 0 Å². The monoisotopic (exact) mass is 543 g/mol. The van der Waals surface area contributed by atoms with Crippen LogP contribution in [0.3, 0.4) is 0 Å².